The van der Waals surface area contributed by atoms with E-state index in [0.29, 0.717) is 40.5 Å². The van der Waals surface area contributed by atoms with E-state index in [-0.39, 0.29) is 30.7 Å². The Labute approximate surface area is 250 Å². The standard InChI is InChI=1S/C28H33N7O5.C2H6O/c1-5-39-22-15-19(10-13-21(22)40-16-23(36)35(3)4)25(32-20-11-8-18(9-12-20)26(29)30)28(38)34-33-27(37)24-17(2)7-6-14-31-24;1-2-3/h6-15,25,32H,5,16H2,1-4H3,(H3,29,30)(H,33,37)(H,34,38);3H,2H2,1H3. The molecule has 3 amide bonds. The monoisotopic (exact) mass is 593 g/mol. The van der Waals surface area contributed by atoms with Crippen molar-refractivity contribution in [1.29, 1.82) is 5.41 Å². The van der Waals surface area contributed by atoms with Gasteiger partial charge < -0.3 is 30.5 Å². The third kappa shape index (κ3) is 10.3. The van der Waals surface area contributed by atoms with Gasteiger partial charge in [-0.05, 0) is 74.4 Å². The molecule has 43 heavy (non-hydrogen) atoms. The van der Waals surface area contributed by atoms with Gasteiger partial charge in [0.1, 0.15) is 17.6 Å². The number of nitrogens with two attached hydrogens (primary N) is 1. The highest BCUT2D eigenvalue weighted by molar-refractivity contribution is 5.96. The molecule has 0 aliphatic carbocycles. The van der Waals surface area contributed by atoms with Gasteiger partial charge in [0.2, 0.25) is 0 Å². The number of nitrogens with one attached hydrogen (secondary N) is 4. The summed E-state index contributed by atoms with van der Waals surface area (Å²) in [5.74, 6) is -0.774. The van der Waals surface area contributed by atoms with Crippen LogP contribution in [0.5, 0.6) is 11.5 Å². The van der Waals surface area contributed by atoms with Crippen molar-refractivity contribution in [1.82, 2.24) is 20.7 Å². The lowest BCUT2D eigenvalue weighted by molar-refractivity contribution is -0.130. The molecule has 0 spiro atoms. The van der Waals surface area contributed by atoms with Crippen molar-refractivity contribution in [2.75, 3.05) is 39.2 Å². The highest BCUT2D eigenvalue weighted by Crippen LogP contribution is 2.32. The number of aliphatic hydroxyl groups excluding tert-OH is 1. The lowest BCUT2D eigenvalue weighted by atomic mass is 10.0. The Morgan fingerprint density at radius 1 is 1.02 bits per heavy atom. The van der Waals surface area contributed by atoms with Gasteiger partial charge in [0.15, 0.2) is 18.1 Å². The molecule has 0 saturated carbocycles. The number of amidine groups is 1. The highest BCUT2D eigenvalue weighted by Gasteiger charge is 2.24. The topological polar surface area (TPSA) is 192 Å². The number of pyridine rings is 1. The van der Waals surface area contributed by atoms with E-state index in [4.69, 9.17) is 25.7 Å². The molecule has 13 nitrogen and oxygen atoms in total. The number of ether oxygens (including phenoxy) is 2. The first kappa shape index (κ1) is 34.0. The van der Waals surface area contributed by atoms with Gasteiger partial charge in [0.25, 0.3) is 17.7 Å². The van der Waals surface area contributed by atoms with Crippen molar-refractivity contribution >= 4 is 29.2 Å². The number of rotatable bonds is 11. The second-order valence-electron chi connectivity index (χ2n) is 9.21. The van der Waals surface area contributed by atoms with Crippen molar-refractivity contribution < 1.29 is 29.0 Å². The van der Waals surface area contributed by atoms with Crippen LogP contribution in [0.1, 0.15) is 47.1 Å². The van der Waals surface area contributed by atoms with Crippen molar-refractivity contribution in [2.24, 2.45) is 5.73 Å². The van der Waals surface area contributed by atoms with E-state index >= 15 is 0 Å². The van der Waals surface area contributed by atoms with E-state index in [1.54, 1.807) is 89.5 Å². The molecule has 0 fully saturated rings. The first-order valence-corrected chi connectivity index (χ1v) is 13.5. The number of aliphatic hydroxyl groups is 1. The molecule has 0 saturated heterocycles. The summed E-state index contributed by atoms with van der Waals surface area (Å²) in [6.07, 6.45) is 1.49. The first-order valence-electron chi connectivity index (χ1n) is 13.5. The van der Waals surface area contributed by atoms with Crippen molar-refractivity contribution in [2.45, 2.75) is 26.8 Å². The maximum Gasteiger partial charge on any atom is 0.288 e. The molecule has 3 aromatic rings. The highest BCUT2D eigenvalue weighted by atomic mass is 16.5. The van der Waals surface area contributed by atoms with Gasteiger partial charge in [0.05, 0.1) is 6.61 Å². The van der Waals surface area contributed by atoms with Gasteiger partial charge in [-0.1, -0.05) is 12.1 Å². The number of amides is 3. The minimum absolute atomic E-state index is 0.0851. The number of carbonyl (C=O) groups excluding carboxylic acids is 3. The summed E-state index contributed by atoms with van der Waals surface area (Å²) in [7, 11) is 3.26. The Morgan fingerprint density at radius 3 is 2.28 bits per heavy atom. The minimum atomic E-state index is -0.995. The Morgan fingerprint density at radius 2 is 1.70 bits per heavy atom. The molecule has 230 valence electrons. The largest absolute Gasteiger partial charge is 0.490 e. The number of nitrogen functional groups attached to an aromatic ring is 1. The van der Waals surface area contributed by atoms with Crippen LogP contribution in [0.3, 0.4) is 0 Å². The molecule has 0 bridgehead atoms. The average Bonchev–Trinajstić information content (AvgIpc) is 2.98. The fraction of sp³-hybridized carbons (Fsp3) is 0.300. The number of benzene rings is 2. The van der Waals surface area contributed by atoms with Crippen molar-refractivity contribution in [3.8, 4) is 11.5 Å². The summed E-state index contributed by atoms with van der Waals surface area (Å²) in [4.78, 5) is 43.5. The number of nitrogens with zero attached hydrogens (tertiary/aromatic N) is 2. The second-order valence-corrected chi connectivity index (χ2v) is 9.21. The van der Waals surface area contributed by atoms with Crippen molar-refractivity contribution in [3.63, 3.8) is 0 Å². The summed E-state index contributed by atoms with van der Waals surface area (Å²) < 4.78 is 11.4. The second kappa shape index (κ2) is 16.9. The van der Waals surface area contributed by atoms with Crippen LogP contribution in [0.2, 0.25) is 0 Å². The molecular weight excluding hydrogens is 554 g/mol. The Kier molecular flexibility index (Phi) is 13.4. The van der Waals surface area contributed by atoms with Crippen molar-refractivity contribution in [3.05, 3.63) is 83.2 Å². The van der Waals surface area contributed by atoms with E-state index in [1.165, 1.54) is 11.1 Å². The van der Waals surface area contributed by atoms with Crippen LogP contribution in [0, 0.1) is 12.3 Å². The fourth-order valence-corrected chi connectivity index (χ4v) is 3.55. The molecule has 0 radical (unpaired) electrons. The summed E-state index contributed by atoms with van der Waals surface area (Å²) in [5.41, 5.74) is 12.8. The normalized spacial score (nSPS) is 10.7. The third-order valence-corrected chi connectivity index (χ3v) is 5.74. The number of aromatic nitrogens is 1. The molecule has 0 aliphatic heterocycles. The van der Waals surface area contributed by atoms with Crippen LogP contribution < -0.4 is 31.4 Å². The summed E-state index contributed by atoms with van der Waals surface area (Å²) in [6, 6.07) is 14.0. The number of carbonyl (C=O) groups is 3. The van der Waals surface area contributed by atoms with Gasteiger partial charge in [-0.2, -0.15) is 0 Å². The molecule has 3 rings (SSSR count). The lowest BCUT2D eigenvalue weighted by Gasteiger charge is -2.22. The zero-order valence-electron chi connectivity index (χ0n) is 24.9. The summed E-state index contributed by atoms with van der Waals surface area (Å²) >= 11 is 0. The molecule has 1 unspecified atom stereocenters. The zero-order chi connectivity index (χ0) is 31.9. The average molecular weight is 594 g/mol. The molecule has 7 N–H and O–H groups in total. The summed E-state index contributed by atoms with van der Waals surface area (Å²) in [5, 5.41) is 18.3. The number of likely N-dealkylation sites (N-methyl/N-ethyl adjacent to an activating group) is 1. The lowest BCUT2D eigenvalue weighted by Crippen LogP contribution is -2.45. The fourth-order valence-electron chi connectivity index (χ4n) is 3.55. The zero-order valence-corrected chi connectivity index (χ0v) is 24.9. The van der Waals surface area contributed by atoms with Gasteiger partial charge in [0, 0.05) is 38.1 Å². The number of hydrogen-bond acceptors (Lipinski definition) is 9. The molecule has 1 atom stereocenters. The predicted octanol–water partition coefficient (Wildman–Crippen LogP) is 2.15. The maximum absolute atomic E-state index is 13.4. The molecule has 1 aromatic heterocycles. The summed E-state index contributed by atoms with van der Waals surface area (Å²) in [6.45, 7) is 5.60. The third-order valence-electron chi connectivity index (χ3n) is 5.74. The van der Waals surface area contributed by atoms with Gasteiger partial charge in [-0.25, -0.2) is 0 Å². The molecule has 1 heterocycles. The van der Waals surface area contributed by atoms with E-state index < -0.39 is 17.9 Å². The van der Waals surface area contributed by atoms with Crippen LogP contribution in [0.15, 0.2) is 60.8 Å². The van der Waals surface area contributed by atoms with Gasteiger partial charge >= 0.3 is 0 Å². The van der Waals surface area contributed by atoms with Gasteiger partial charge in [-0.15, -0.1) is 0 Å². The SMILES string of the molecule is CCO.CCOc1cc(C(Nc2ccc(C(=N)N)cc2)C(=O)NNC(=O)c2ncccc2C)ccc1OCC(=O)N(C)C. The van der Waals surface area contributed by atoms with E-state index in [0.717, 1.165) is 0 Å². The van der Waals surface area contributed by atoms with E-state index in [2.05, 4.69) is 21.2 Å². The molecule has 2 aromatic carbocycles. The van der Waals surface area contributed by atoms with Gasteiger partial charge in [-0.3, -0.25) is 35.6 Å². The Bertz CT molecular complexity index is 1400. The number of anilines is 1. The van der Waals surface area contributed by atoms with Crippen LogP contribution in [0.4, 0.5) is 5.69 Å². The number of aryl methyl sites for hydroxylation is 1. The quantitative estimate of drug-likeness (QED) is 0.110. The minimum Gasteiger partial charge on any atom is -0.490 e. The van der Waals surface area contributed by atoms with E-state index in [1.807, 2.05) is 0 Å². The predicted molar refractivity (Wildman–Crippen MR) is 163 cm³/mol. The van der Waals surface area contributed by atoms with Crippen LogP contribution in [0.25, 0.3) is 0 Å². The first-order chi connectivity index (χ1) is 20.5. The Balaban J connectivity index is 0.00000206. The molecule has 0 aliphatic rings. The molecular formula is C30H39N7O6. The van der Waals surface area contributed by atoms with Crippen LogP contribution in [-0.4, -0.2) is 72.5 Å². The maximum atomic E-state index is 13.4. The van der Waals surface area contributed by atoms with Crippen LogP contribution in [-0.2, 0) is 9.59 Å². The molecule has 13 heteroatoms. The smallest absolute Gasteiger partial charge is 0.288 e. The Hall–Kier alpha value is -5.17. The van der Waals surface area contributed by atoms with Crippen LogP contribution >= 0.6 is 0 Å². The number of hydrazine groups is 1. The number of hydrogen-bond donors (Lipinski definition) is 6. The van der Waals surface area contributed by atoms with E-state index in [9.17, 15) is 14.4 Å².